The van der Waals surface area contributed by atoms with Gasteiger partial charge in [0.15, 0.2) is 0 Å². The van der Waals surface area contributed by atoms with Crippen LogP contribution in [-0.2, 0) is 17.9 Å². The Bertz CT molecular complexity index is 351. The number of furan rings is 1. The number of hydrogen-bond acceptors (Lipinski definition) is 3. The van der Waals surface area contributed by atoms with Gasteiger partial charge in [0.05, 0.1) is 12.4 Å². The lowest BCUT2D eigenvalue weighted by atomic mass is 10.2. The van der Waals surface area contributed by atoms with E-state index in [0.717, 1.165) is 18.3 Å². The van der Waals surface area contributed by atoms with Gasteiger partial charge < -0.3 is 14.5 Å². The smallest absolute Gasteiger partial charge is 0.133 e. The molecule has 94 valence electrons. The molecule has 2 fully saturated rings. The van der Waals surface area contributed by atoms with E-state index >= 15 is 0 Å². The lowest BCUT2D eigenvalue weighted by molar-refractivity contribution is 0.0352. The summed E-state index contributed by atoms with van der Waals surface area (Å²) in [5.74, 6) is 1.00. The lowest BCUT2D eigenvalue weighted by Crippen LogP contribution is -2.16. The molecule has 2 aliphatic rings. The van der Waals surface area contributed by atoms with E-state index < -0.39 is 0 Å². The van der Waals surface area contributed by atoms with Crippen molar-refractivity contribution in [1.82, 2.24) is 5.32 Å². The summed E-state index contributed by atoms with van der Waals surface area (Å²) >= 11 is 0. The third-order valence-corrected chi connectivity index (χ3v) is 3.75. The van der Waals surface area contributed by atoms with Gasteiger partial charge in [-0.1, -0.05) is 12.8 Å². The standard InChI is InChI=1S/C14H21NO2/c1-2-4-13(3-1)17-10-14-11(7-8-16-14)9-15-12-5-6-12/h7-8,12-13,15H,1-6,9-10H2. The Hall–Kier alpha value is -0.800. The Morgan fingerprint density at radius 1 is 1.24 bits per heavy atom. The summed E-state index contributed by atoms with van der Waals surface area (Å²) < 4.78 is 11.4. The van der Waals surface area contributed by atoms with Crippen molar-refractivity contribution in [2.24, 2.45) is 0 Å². The quantitative estimate of drug-likeness (QED) is 0.823. The van der Waals surface area contributed by atoms with E-state index in [0.29, 0.717) is 12.7 Å². The van der Waals surface area contributed by atoms with Crippen LogP contribution in [0.5, 0.6) is 0 Å². The highest BCUT2D eigenvalue weighted by atomic mass is 16.5. The summed E-state index contributed by atoms with van der Waals surface area (Å²) in [5.41, 5.74) is 1.26. The van der Waals surface area contributed by atoms with Gasteiger partial charge in [0, 0.05) is 18.2 Å². The van der Waals surface area contributed by atoms with Crippen LogP contribution in [0.15, 0.2) is 16.7 Å². The number of ether oxygens (including phenoxy) is 1. The maximum atomic E-state index is 5.89. The first-order valence-electron chi connectivity index (χ1n) is 6.82. The molecule has 0 aromatic carbocycles. The van der Waals surface area contributed by atoms with Crippen molar-refractivity contribution in [3.63, 3.8) is 0 Å². The zero-order valence-corrected chi connectivity index (χ0v) is 10.3. The molecule has 3 nitrogen and oxygen atoms in total. The second-order valence-corrected chi connectivity index (χ2v) is 5.24. The van der Waals surface area contributed by atoms with Gasteiger partial charge in [0.2, 0.25) is 0 Å². The van der Waals surface area contributed by atoms with Gasteiger partial charge in [0.25, 0.3) is 0 Å². The Labute approximate surface area is 103 Å². The SMILES string of the molecule is c1cc(CNC2CC2)c(COC2CCCC2)o1. The van der Waals surface area contributed by atoms with Crippen LogP contribution in [0.25, 0.3) is 0 Å². The molecular weight excluding hydrogens is 214 g/mol. The van der Waals surface area contributed by atoms with Crippen LogP contribution in [-0.4, -0.2) is 12.1 Å². The lowest BCUT2D eigenvalue weighted by Gasteiger charge is -2.10. The van der Waals surface area contributed by atoms with E-state index in [1.165, 1.54) is 44.1 Å². The largest absolute Gasteiger partial charge is 0.467 e. The zero-order chi connectivity index (χ0) is 11.5. The van der Waals surface area contributed by atoms with E-state index in [9.17, 15) is 0 Å². The van der Waals surface area contributed by atoms with E-state index in [1.54, 1.807) is 6.26 Å². The molecule has 2 aliphatic carbocycles. The van der Waals surface area contributed by atoms with Crippen LogP contribution in [0.3, 0.4) is 0 Å². The molecule has 17 heavy (non-hydrogen) atoms. The van der Waals surface area contributed by atoms with Crippen LogP contribution >= 0.6 is 0 Å². The summed E-state index contributed by atoms with van der Waals surface area (Å²) in [6.07, 6.45) is 9.96. The van der Waals surface area contributed by atoms with Crippen LogP contribution in [0.1, 0.15) is 49.8 Å². The average Bonchev–Trinajstić information content (AvgIpc) is 2.86. The van der Waals surface area contributed by atoms with Crippen LogP contribution < -0.4 is 5.32 Å². The number of rotatable bonds is 6. The molecule has 0 aliphatic heterocycles. The molecule has 0 saturated heterocycles. The van der Waals surface area contributed by atoms with Gasteiger partial charge in [-0.25, -0.2) is 0 Å². The molecule has 0 spiro atoms. The number of nitrogens with one attached hydrogen (secondary N) is 1. The number of hydrogen-bond donors (Lipinski definition) is 1. The van der Waals surface area contributed by atoms with Crippen molar-refractivity contribution in [3.05, 3.63) is 23.7 Å². The topological polar surface area (TPSA) is 34.4 Å². The second-order valence-electron chi connectivity index (χ2n) is 5.24. The summed E-state index contributed by atoms with van der Waals surface area (Å²) in [5, 5.41) is 3.51. The van der Waals surface area contributed by atoms with Crippen LogP contribution in [0.2, 0.25) is 0 Å². The molecule has 0 atom stereocenters. The summed E-state index contributed by atoms with van der Waals surface area (Å²) in [4.78, 5) is 0. The minimum absolute atomic E-state index is 0.462. The predicted molar refractivity (Wildman–Crippen MR) is 65.6 cm³/mol. The fourth-order valence-corrected chi connectivity index (χ4v) is 2.44. The fourth-order valence-electron chi connectivity index (χ4n) is 2.44. The van der Waals surface area contributed by atoms with E-state index in [2.05, 4.69) is 11.4 Å². The molecule has 1 aromatic heterocycles. The maximum absolute atomic E-state index is 5.89. The van der Waals surface area contributed by atoms with E-state index in [4.69, 9.17) is 9.15 Å². The molecule has 1 N–H and O–H groups in total. The summed E-state index contributed by atoms with van der Waals surface area (Å²) in [7, 11) is 0. The first kappa shape index (κ1) is 11.3. The van der Waals surface area contributed by atoms with Gasteiger partial charge in [-0.3, -0.25) is 0 Å². The van der Waals surface area contributed by atoms with Gasteiger partial charge >= 0.3 is 0 Å². The normalized spacial score (nSPS) is 21.2. The molecule has 1 heterocycles. The fraction of sp³-hybridized carbons (Fsp3) is 0.714. The molecule has 3 rings (SSSR count). The summed E-state index contributed by atoms with van der Waals surface area (Å²) in [6.45, 7) is 1.56. The molecule has 0 unspecified atom stereocenters. The molecule has 3 heteroatoms. The van der Waals surface area contributed by atoms with Gasteiger partial charge in [-0.05, 0) is 31.7 Å². The van der Waals surface area contributed by atoms with Crippen LogP contribution in [0, 0.1) is 0 Å². The third-order valence-electron chi connectivity index (χ3n) is 3.75. The average molecular weight is 235 g/mol. The van der Waals surface area contributed by atoms with Crippen molar-refractivity contribution in [2.75, 3.05) is 0 Å². The molecule has 1 aromatic rings. The van der Waals surface area contributed by atoms with Crippen LogP contribution in [0.4, 0.5) is 0 Å². The molecule has 0 radical (unpaired) electrons. The Kier molecular flexibility index (Phi) is 3.48. The monoisotopic (exact) mass is 235 g/mol. The third kappa shape index (κ3) is 3.11. The van der Waals surface area contributed by atoms with Gasteiger partial charge in [0.1, 0.15) is 12.4 Å². The highest BCUT2D eigenvalue weighted by Gasteiger charge is 2.21. The predicted octanol–water partition coefficient (Wildman–Crippen LogP) is 2.99. The minimum Gasteiger partial charge on any atom is -0.467 e. The minimum atomic E-state index is 0.462. The molecule has 2 saturated carbocycles. The zero-order valence-electron chi connectivity index (χ0n) is 10.3. The van der Waals surface area contributed by atoms with Crippen molar-refractivity contribution in [1.29, 1.82) is 0 Å². The molecule has 0 amide bonds. The highest BCUT2D eigenvalue weighted by Crippen LogP contribution is 2.24. The summed E-state index contributed by atoms with van der Waals surface area (Å²) in [6, 6.07) is 2.80. The first-order chi connectivity index (χ1) is 8.42. The highest BCUT2D eigenvalue weighted by molar-refractivity contribution is 5.16. The maximum Gasteiger partial charge on any atom is 0.133 e. The van der Waals surface area contributed by atoms with Gasteiger partial charge in [-0.15, -0.1) is 0 Å². The first-order valence-corrected chi connectivity index (χ1v) is 6.82. The van der Waals surface area contributed by atoms with E-state index in [-0.39, 0.29) is 0 Å². The molecule has 0 bridgehead atoms. The molecular formula is C14H21NO2. The Morgan fingerprint density at radius 2 is 2.06 bits per heavy atom. The van der Waals surface area contributed by atoms with Crippen molar-refractivity contribution in [3.8, 4) is 0 Å². The Morgan fingerprint density at radius 3 is 2.82 bits per heavy atom. The van der Waals surface area contributed by atoms with Crippen molar-refractivity contribution >= 4 is 0 Å². The Balaban J connectivity index is 1.48. The van der Waals surface area contributed by atoms with Crippen molar-refractivity contribution in [2.45, 2.75) is 63.8 Å². The second kappa shape index (κ2) is 5.23. The van der Waals surface area contributed by atoms with Crippen molar-refractivity contribution < 1.29 is 9.15 Å². The van der Waals surface area contributed by atoms with E-state index in [1.807, 2.05) is 0 Å². The van der Waals surface area contributed by atoms with Gasteiger partial charge in [-0.2, -0.15) is 0 Å².